The maximum Gasteiger partial charge on any atom is 0.347 e. The van der Waals surface area contributed by atoms with Crippen molar-refractivity contribution in [2.45, 2.75) is 19.4 Å². The molecule has 0 aromatic carbocycles. The number of carbonyl (C=O) groups is 1. The number of aromatic nitrogens is 2. The summed E-state index contributed by atoms with van der Waals surface area (Å²) >= 11 is 1.83. The zero-order valence-corrected chi connectivity index (χ0v) is 11.9. The standard InChI is InChI=1S/C13H19N3O2S/c1-19-10-11-4-2-6-15(8-11)12(17)9-16-7-3-5-14-13(16)18/h3,5,7,11H,2,4,6,8-10H2,1H3/t11-/m0/s1. The Balaban J connectivity index is 1.96. The van der Waals surface area contributed by atoms with E-state index in [1.807, 2.05) is 16.7 Å². The van der Waals surface area contributed by atoms with Crippen molar-refractivity contribution in [1.29, 1.82) is 0 Å². The van der Waals surface area contributed by atoms with Crippen LogP contribution in [0.25, 0.3) is 0 Å². The van der Waals surface area contributed by atoms with Gasteiger partial charge in [-0.3, -0.25) is 9.36 Å². The van der Waals surface area contributed by atoms with Gasteiger partial charge < -0.3 is 4.90 Å². The highest BCUT2D eigenvalue weighted by molar-refractivity contribution is 7.98. The molecule has 1 aromatic rings. The Kier molecular flexibility index (Phi) is 5.01. The summed E-state index contributed by atoms with van der Waals surface area (Å²) in [5.74, 6) is 1.69. The molecule has 1 amide bonds. The molecular weight excluding hydrogens is 262 g/mol. The molecule has 1 fully saturated rings. The highest BCUT2D eigenvalue weighted by Gasteiger charge is 2.23. The molecular formula is C13H19N3O2S. The minimum atomic E-state index is -0.367. The van der Waals surface area contributed by atoms with Crippen molar-refractivity contribution in [3.63, 3.8) is 0 Å². The van der Waals surface area contributed by atoms with Crippen LogP contribution in [0.5, 0.6) is 0 Å². The number of nitrogens with zero attached hydrogens (tertiary/aromatic N) is 3. The fourth-order valence-electron chi connectivity index (χ4n) is 2.42. The monoisotopic (exact) mass is 281 g/mol. The molecule has 0 radical (unpaired) electrons. The van der Waals surface area contributed by atoms with Gasteiger partial charge in [0.1, 0.15) is 6.54 Å². The molecule has 0 spiro atoms. The Hall–Kier alpha value is -1.30. The Morgan fingerprint density at radius 2 is 2.42 bits per heavy atom. The van der Waals surface area contributed by atoms with Crippen LogP contribution in [0.4, 0.5) is 0 Å². The SMILES string of the molecule is CSC[C@H]1CCCN(C(=O)Cn2cccnc2=O)C1. The van der Waals surface area contributed by atoms with E-state index >= 15 is 0 Å². The van der Waals surface area contributed by atoms with Crippen LogP contribution in [-0.2, 0) is 11.3 Å². The summed E-state index contributed by atoms with van der Waals surface area (Å²) in [5.41, 5.74) is -0.367. The number of piperidine rings is 1. The Labute approximate surface area is 117 Å². The van der Waals surface area contributed by atoms with Crippen molar-refractivity contribution in [1.82, 2.24) is 14.5 Å². The van der Waals surface area contributed by atoms with E-state index in [4.69, 9.17) is 0 Å². The van der Waals surface area contributed by atoms with E-state index in [2.05, 4.69) is 11.2 Å². The zero-order chi connectivity index (χ0) is 13.7. The van der Waals surface area contributed by atoms with Gasteiger partial charge in [-0.2, -0.15) is 11.8 Å². The molecule has 6 heteroatoms. The first-order chi connectivity index (χ1) is 9.20. The van der Waals surface area contributed by atoms with Crippen LogP contribution in [0, 0.1) is 5.92 Å². The minimum absolute atomic E-state index is 0.0147. The van der Waals surface area contributed by atoms with Crippen molar-refractivity contribution < 1.29 is 4.79 Å². The molecule has 1 aliphatic heterocycles. The number of amides is 1. The summed E-state index contributed by atoms with van der Waals surface area (Å²) in [4.78, 5) is 29.2. The third-order valence-electron chi connectivity index (χ3n) is 3.36. The highest BCUT2D eigenvalue weighted by atomic mass is 32.2. The number of thioether (sulfide) groups is 1. The Morgan fingerprint density at radius 3 is 3.16 bits per heavy atom. The van der Waals surface area contributed by atoms with Crippen LogP contribution in [0.3, 0.4) is 0 Å². The van der Waals surface area contributed by atoms with Crippen LogP contribution in [0.15, 0.2) is 23.3 Å². The van der Waals surface area contributed by atoms with Crippen molar-refractivity contribution >= 4 is 17.7 Å². The third-order valence-corrected chi connectivity index (χ3v) is 4.17. The smallest absolute Gasteiger partial charge is 0.341 e. The number of rotatable bonds is 4. The van der Waals surface area contributed by atoms with Gasteiger partial charge in [-0.1, -0.05) is 0 Å². The second-order valence-corrected chi connectivity index (χ2v) is 5.74. The lowest BCUT2D eigenvalue weighted by Crippen LogP contribution is -2.43. The molecule has 0 unspecified atom stereocenters. The summed E-state index contributed by atoms with van der Waals surface area (Å²) < 4.78 is 1.36. The van der Waals surface area contributed by atoms with Gasteiger partial charge in [0.05, 0.1) is 0 Å². The number of hydrogen-bond donors (Lipinski definition) is 0. The Bertz CT molecular complexity index is 487. The number of carbonyl (C=O) groups excluding carboxylic acids is 1. The van der Waals surface area contributed by atoms with E-state index in [0.29, 0.717) is 5.92 Å². The summed E-state index contributed by atoms with van der Waals surface area (Å²) in [6.07, 6.45) is 7.39. The fraction of sp³-hybridized carbons (Fsp3) is 0.615. The van der Waals surface area contributed by atoms with Crippen molar-refractivity contribution in [3.05, 3.63) is 28.9 Å². The van der Waals surface area contributed by atoms with E-state index in [1.54, 1.807) is 12.3 Å². The van der Waals surface area contributed by atoms with Crippen molar-refractivity contribution in [3.8, 4) is 0 Å². The molecule has 0 N–H and O–H groups in total. The molecule has 104 valence electrons. The van der Waals surface area contributed by atoms with E-state index in [0.717, 1.165) is 25.3 Å². The molecule has 1 aliphatic rings. The Morgan fingerprint density at radius 1 is 1.58 bits per heavy atom. The predicted molar refractivity (Wildman–Crippen MR) is 76.2 cm³/mol. The summed E-state index contributed by atoms with van der Waals surface area (Å²) in [5, 5.41) is 0. The van der Waals surface area contributed by atoms with Gasteiger partial charge >= 0.3 is 5.69 Å². The predicted octanol–water partition coefficient (Wildman–Crippen LogP) is 0.845. The van der Waals surface area contributed by atoms with Crippen LogP contribution in [0.1, 0.15) is 12.8 Å². The summed E-state index contributed by atoms with van der Waals surface area (Å²) in [6.45, 7) is 1.71. The van der Waals surface area contributed by atoms with Crippen LogP contribution in [-0.4, -0.2) is 45.5 Å². The highest BCUT2D eigenvalue weighted by Crippen LogP contribution is 2.19. The zero-order valence-electron chi connectivity index (χ0n) is 11.1. The number of hydrogen-bond acceptors (Lipinski definition) is 4. The second-order valence-electron chi connectivity index (χ2n) is 4.83. The third kappa shape index (κ3) is 3.83. The van der Waals surface area contributed by atoms with Crippen molar-refractivity contribution in [2.24, 2.45) is 5.92 Å². The molecule has 0 bridgehead atoms. The van der Waals surface area contributed by atoms with Gasteiger partial charge in [0.15, 0.2) is 0 Å². The van der Waals surface area contributed by atoms with Gasteiger partial charge in [0.2, 0.25) is 5.91 Å². The molecule has 2 heterocycles. The van der Waals surface area contributed by atoms with Gasteiger partial charge in [-0.05, 0) is 36.8 Å². The fourth-order valence-corrected chi connectivity index (χ4v) is 3.16. The average molecular weight is 281 g/mol. The minimum Gasteiger partial charge on any atom is -0.341 e. The van der Waals surface area contributed by atoms with E-state index in [1.165, 1.54) is 17.2 Å². The maximum absolute atomic E-state index is 12.2. The van der Waals surface area contributed by atoms with Gasteiger partial charge in [0.25, 0.3) is 0 Å². The van der Waals surface area contributed by atoms with Crippen LogP contribution >= 0.6 is 11.8 Å². The quantitative estimate of drug-likeness (QED) is 0.821. The average Bonchev–Trinajstić information content (AvgIpc) is 2.42. The molecule has 1 aromatic heterocycles. The molecule has 19 heavy (non-hydrogen) atoms. The molecule has 0 aliphatic carbocycles. The normalized spacial score (nSPS) is 19.4. The second kappa shape index (κ2) is 6.75. The van der Waals surface area contributed by atoms with E-state index in [9.17, 15) is 9.59 Å². The maximum atomic E-state index is 12.2. The first kappa shape index (κ1) is 14.1. The van der Waals surface area contributed by atoms with E-state index in [-0.39, 0.29) is 18.1 Å². The summed E-state index contributed by atoms with van der Waals surface area (Å²) in [6, 6.07) is 1.67. The topological polar surface area (TPSA) is 55.2 Å². The molecule has 0 saturated carbocycles. The van der Waals surface area contributed by atoms with Crippen LogP contribution in [0.2, 0.25) is 0 Å². The molecule has 1 saturated heterocycles. The van der Waals surface area contributed by atoms with Crippen molar-refractivity contribution in [2.75, 3.05) is 25.1 Å². The lowest BCUT2D eigenvalue weighted by atomic mass is 10.00. The first-order valence-electron chi connectivity index (χ1n) is 6.49. The van der Waals surface area contributed by atoms with E-state index < -0.39 is 0 Å². The largest absolute Gasteiger partial charge is 0.347 e. The lowest BCUT2D eigenvalue weighted by molar-refractivity contribution is -0.133. The summed E-state index contributed by atoms with van der Waals surface area (Å²) in [7, 11) is 0. The van der Waals surface area contributed by atoms with Gasteiger partial charge in [-0.25, -0.2) is 9.78 Å². The molecule has 5 nitrogen and oxygen atoms in total. The van der Waals surface area contributed by atoms with Gasteiger partial charge in [-0.15, -0.1) is 0 Å². The lowest BCUT2D eigenvalue weighted by Gasteiger charge is -2.32. The van der Waals surface area contributed by atoms with Gasteiger partial charge in [0, 0.05) is 25.5 Å². The molecule has 2 rings (SSSR count). The molecule has 1 atom stereocenters. The number of likely N-dealkylation sites (tertiary alicyclic amines) is 1. The van der Waals surface area contributed by atoms with Crippen LogP contribution < -0.4 is 5.69 Å². The first-order valence-corrected chi connectivity index (χ1v) is 7.88.